The number of halogens is 1. The van der Waals surface area contributed by atoms with Gasteiger partial charge in [-0.1, -0.05) is 30.3 Å². The summed E-state index contributed by atoms with van der Waals surface area (Å²) in [5.41, 5.74) is 2.55. The van der Waals surface area contributed by atoms with Crippen LogP contribution in [0.5, 0.6) is 5.75 Å². The molecule has 3 amide bonds. The molecule has 9 heteroatoms. The second-order valence-corrected chi connectivity index (χ2v) is 11.0. The number of benzene rings is 4. The molecule has 0 aromatic heterocycles. The lowest BCUT2D eigenvalue weighted by atomic mass is 10.1. The van der Waals surface area contributed by atoms with Gasteiger partial charge in [0.05, 0.1) is 12.4 Å². The first-order valence-corrected chi connectivity index (χ1v) is 14.9. The van der Waals surface area contributed by atoms with E-state index in [1.165, 1.54) is 11.8 Å². The van der Waals surface area contributed by atoms with Crippen LogP contribution in [-0.2, 0) is 9.59 Å². The molecule has 0 radical (unpaired) electrons. The molecular formula is C32H28IN3O4S. The van der Waals surface area contributed by atoms with Crippen LogP contribution in [0.3, 0.4) is 0 Å². The van der Waals surface area contributed by atoms with Crippen molar-refractivity contribution in [3.05, 3.63) is 124 Å². The van der Waals surface area contributed by atoms with Crippen LogP contribution in [0.15, 0.2) is 114 Å². The van der Waals surface area contributed by atoms with Gasteiger partial charge in [-0.25, -0.2) is 0 Å². The number of carbonyl (C=O) groups excluding carboxylic acids is 3. The van der Waals surface area contributed by atoms with Crippen molar-refractivity contribution in [2.45, 2.75) is 11.8 Å². The smallest absolute Gasteiger partial charge is 0.272 e. The Bertz CT molecular complexity index is 1510. The van der Waals surface area contributed by atoms with Crippen LogP contribution in [0.2, 0.25) is 0 Å². The molecule has 0 atom stereocenters. The average Bonchev–Trinajstić information content (AvgIpc) is 2.99. The Hall–Kier alpha value is -4.09. The molecule has 0 saturated carbocycles. The highest BCUT2D eigenvalue weighted by Gasteiger charge is 2.15. The molecule has 7 nitrogen and oxygen atoms in total. The minimum absolute atomic E-state index is 0.0914. The zero-order chi connectivity index (χ0) is 29.0. The lowest BCUT2D eigenvalue weighted by Crippen LogP contribution is -2.30. The van der Waals surface area contributed by atoms with Gasteiger partial charge in [0, 0.05) is 25.4 Å². The summed E-state index contributed by atoms with van der Waals surface area (Å²) in [6, 6.07) is 30.7. The fourth-order valence-corrected chi connectivity index (χ4v) is 4.71. The Balaban J connectivity index is 1.41. The quantitative estimate of drug-likeness (QED) is 0.0920. The zero-order valence-electron chi connectivity index (χ0n) is 22.2. The third-order valence-electron chi connectivity index (χ3n) is 5.64. The summed E-state index contributed by atoms with van der Waals surface area (Å²) in [5.74, 6) is -0.00667. The molecule has 41 heavy (non-hydrogen) atoms. The lowest BCUT2D eigenvalue weighted by Gasteiger charge is -2.12. The third-order valence-corrected chi connectivity index (χ3v) is 7.37. The van der Waals surface area contributed by atoms with Gasteiger partial charge in [0.2, 0.25) is 5.91 Å². The largest absolute Gasteiger partial charge is 0.494 e. The van der Waals surface area contributed by atoms with Gasteiger partial charge in [-0.05, 0) is 114 Å². The van der Waals surface area contributed by atoms with Crippen molar-refractivity contribution in [1.82, 2.24) is 5.32 Å². The number of hydrogen-bond donors (Lipinski definition) is 3. The van der Waals surface area contributed by atoms with E-state index in [4.69, 9.17) is 4.74 Å². The molecule has 4 rings (SSSR count). The minimum atomic E-state index is -0.472. The van der Waals surface area contributed by atoms with Crippen molar-refractivity contribution >= 4 is 69.5 Å². The molecule has 0 bridgehead atoms. The van der Waals surface area contributed by atoms with Crippen LogP contribution in [0.1, 0.15) is 22.8 Å². The molecule has 3 N–H and O–H groups in total. The van der Waals surface area contributed by atoms with Crippen molar-refractivity contribution in [3.8, 4) is 5.75 Å². The number of hydrogen-bond acceptors (Lipinski definition) is 5. The van der Waals surface area contributed by atoms with E-state index < -0.39 is 11.8 Å². The van der Waals surface area contributed by atoms with Gasteiger partial charge in [0.25, 0.3) is 11.8 Å². The van der Waals surface area contributed by atoms with Crippen LogP contribution in [0.25, 0.3) is 6.08 Å². The van der Waals surface area contributed by atoms with E-state index in [0.29, 0.717) is 23.6 Å². The first-order valence-electron chi connectivity index (χ1n) is 12.8. The molecule has 0 saturated heterocycles. The normalized spacial score (nSPS) is 10.9. The standard InChI is InChI=1S/C32H28IN3O4S/c1-2-40-27-16-8-22(9-17-27)20-29(36-31(38)23-6-4-3-5-7-23)32(39)35-26-14-18-28(19-15-26)41-21-30(37)34-25-12-10-24(33)11-13-25/h3-20H,2,21H2,1H3,(H,34,37)(H,35,39)(H,36,38)/b29-20-. The maximum absolute atomic E-state index is 13.3. The van der Waals surface area contributed by atoms with Gasteiger partial charge in [0.1, 0.15) is 11.4 Å². The maximum Gasteiger partial charge on any atom is 0.272 e. The van der Waals surface area contributed by atoms with Crippen LogP contribution in [0.4, 0.5) is 11.4 Å². The number of carbonyl (C=O) groups is 3. The number of rotatable bonds is 11. The SMILES string of the molecule is CCOc1ccc(/C=C(\NC(=O)c2ccccc2)C(=O)Nc2ccc(SCC(=O)Nc3ccc(I)cc3)cc2)cc1. The summed E-state index contributed by atoms with van der Waals surface area (Å²) < 4.78 is 6.59. The summed E-state index contributed by atoms with van der Waals surface area (Å²) in [7, 11) is 0. The third kappa shape index (κ3) is 9.51. The second kappa shape index (κ2) is 15.1. The molecule has 4 aromatic carbocycles. The molecule has 0 aliphatic carbocycles. The maximum atomic E-state index is 13.3. The van der Waals surface area contributed by atoms with E-state index in [1.54, 1.807) is 54.6 Å². The van der Waals surface area contributed by atoms with E-state index in [2.05, 4.69) is 38.5 Å². The second-order valence-electron chi connectivity index (χ2n) is 8.70. The fourth-order valence-electron chi connectivity index (χ4n) is 3.65. The van der Waals surface area contributed by atoms with Gasteiger partial charge in [0.15, 0.2) is 0 Å². The predicted octanol–water partition coefficient (Wildman–Crippen LogP) is 6.83. The molecule has 0 unspecified atom stereocenters. The lowest BCUT2D eigenvalue weighted by molar-refractivity contribution is -0.114. The summed E-state index contributed by atoms with van der Waals surface area (Å²) in [5, 5.41) is 8.46. The van der Waals surface area contributed by atoms with Crippen molar-refractivity contribution in [1.29, 1.82) is 0 Å². The van der Waals surface area contributed by atoms with Gasteiger partial charge in [-0.2, -0.15) is 0 Å². The molecular weight excluding hydrogens is 649 g/mol. The molecule has 0 spiro atoms. The summed E-state index contributed by atoms with van der Waals surface area (Å²) in [6.07, 6.45) is 1.61. The van der Waals surface area contributed by atoms with E-state index in [0.717, 1.165) is 19.7 Å². The fraction of sp³-hybridized carbons (Fsp3) is 0.0938. The van der Waals surface area contributed by atoms with E-state index in [-0.39, 0.29) is 17.4 Å². The number of amides is 3. The zero-order valence-corrected chi connectivity index (χ0v) is 25.2. The number of anilines is 2. The molecule has 0 fully saturated rings. The number of nitrogens with one attached hydrogen (secondary N) is 3. The first kappa shape index (κ1) is 29.9. The van der Waals surface area contributed by atoms with Crippen molar-refractivity contribution in [2.75, 3.05) is 23.0 Å². The molecule has 208 valence electrons. The van der Waals surface area contributed by atoms with Crippen LogP contribution < -0.4 is 20.7 Å². The topological polar surface area (TPSA) is 96.5 Å². The minimum Gasteiger partial charge on any atom is -0.494 e. The Morgan fingerprint density at radius 1 is 0.805 bits per heavy atom. The van der Waals surface area contributed by atoms with Crippen molar-refractivity contribution in [2.24, 2.45) is 0 Å². The molecule has 0 aliphatic rings. The van der Waals surface area contributed by atoms with Gasteiger partial charge >= 0.3 is 0 Å². The van der Waals surface area contributed by atoms with Crippen molar-refractivity contribution < 1.29 is 19.1 Å². The Morgan fingerprint density at radius 2 is 1.44 bits per heavy atom. The van der Waals surface area contributed by atoms with E-state index in [9.17, 15) is 14.4 Å². The predicted molar refractivity (Wildman–Crippen MR) is 173 cm³/mol. The summed E-state index contributed by atoms with van der Waals surface area (Å²) in [4.78, 5) is 39.3. The molecule has 0 heterocycles. The van der Waals surface area contributed by atoms with Gasteiger partial charge in [-0.3, -0.25) is 14.4 Å². The summed E-state index contributed by atoms with van der Waals surface area (Å²) in [6.45, 7) is 2.46. The van der Waals surface area contributed by atoms with Crippen LogP contribution in [0, 0.1) is 3.57 Å². The van der Waals surface area contributed by atoms with Crippen LogP contribution in [-0.4, -0.2) is 30.1 Å². The highest BCUT2D eigenvalue weighted by atomic mass is 127. The molecule has 4 aromatic rings. The highest BCUT2D eigenvalue weighted by molar-refractivity contribution is 14.1. The first-order chi connectivity index (χ1) is 19.9. The Morgan fingerprint density at radius 3 is 2.10 bits per heavy atom. The van der Waals surface area contributed by atoms with Gasteiger partial charge < -0.3 is 20.7 Å². The summed E-state index contributed by atoms with van der Waals surface area (Å²) >= 11 is 3.61. The Kier molecular flexibility index (Phi) is 11.0. The Labute approximate surface area is 256 Å². The number of ether oxygens (including phenoxy) is 1. The van der Waals surface area contributed by atoms with Crippen molar-refractivity contribution in [3.63, 3.8) is 0 Å². The molecule has 0 aliphatic heterocycles. The van der Waals surface area contributed by atoms with Gasteiger partial charge in [-0.15, -0.1) is 11.8 Å². The highest BCUT2D eigenvalue weighted by Crippen LogP contribution is 2.22. The van der Waals surface area contributed by atoms with E-state index in [1.807, 2.05) is 61.5 Å². The van der Waals surface area contributed by atoms with Crippen LogP contribution >= 0.6 is 34.4 Å². The number of thioether (sulfide) groups is 1. The monoisotopic (exact) mass is 677 g/mol. The average molecular weight is 678 g/mol. The van der Waals surface area contributed by atoms with E-state index >= 15 is 0 Å².